The molecule has 28 heavy (non-hydrogen) atoms. The molecule has 0 unspecified atom stereocenters. The van der Waals surface area contributed by atoms with Gasteiger partial charge in [0.25, 0.3) is 5.91 Å². The summed E-state index contributed by atoms with van der Waals surface area (Å²) in [6.07, 6.45) is 9.19. The summed E-state index contributed by atoms with van der Waals surface area (Å²) < 4.78 is 0. The van der Waals surface area contributed by atoms with Crippen molar-refractivity contribution in [3.8, 4) is 0 Å². The van der Waals surface area contributed by atoms with Gasteiger partial charge in [0.1, 0.15) is 0 Å². The first-order chi connectivity index (χ1) is 13.7. The van der Waals surface area contributed by atoms with Crippen LogP contribution in [0.2, 0.25) is 0 Å². The first kappa shape index (κ1) is 22.4. The molecular formula is C22H36N4O2. The van der Waals surface area contributed by atoms with Gasteiger partial charge < -0.3 is 21.3 Å². The summed E-state index contributed by atoms with van der Waals surface area (Å²) in [6.45, 7) is 5.46. The highest BCUT2D eigenvalue weighted by atomic mass is 16.2. The van der Waals surface area contributed by atoms with E-state index in [9.17, 15) is 9.59 Å². The van der Waals surface area contributed by atoms with Crippen LogP contribution in [0.3, 0.4) is 0 Å². The third kappa shape index (κ3) is 8.85. The van der Waals surface area contributed by atoms with Gasteiger partial charge in [-0.1, -0.05) is 32.3 Å². The molecule has 1 aromatic carbocycles. The number of carbonyl (C=O) groups excluding carboxylic acids is 2. The van der Waals surface area contributed by atoms with Crippen molar-refractivity contribution in [2.45, 2.75) is 64.3 Å². The summed E-state index contributed by atoms with van der Waals surface area (Å²) in [7, 11) is 0. The Bertz CT molecular complexity index is 600. The van der Waals surface area contributed by atoms with Crippen molar-refractivity contribution in [2.75, 3.05) is 31.5 Å². The van der Waals surface area contributed by atoms with Crippen molar-refractivity contribution < 1.29 is 9.59 Å². The topological polar surface area (TPSA) is 82.3 Å². The van der Waals surface area contributed by atoms with Crippen molar-refractivity contribution in [3.63, 3.8) is 0 Å². The molecule has 6 heteroatoms. The second-order valence-corrected chi connectivity index (χ2v) is 7.48. The van der Waals surface area contributed by atoms with E-state index in [0.29, 0.717) is 24.2 Å². The Labute approximate surface area is 169 Å². The molecule has 1 aliphatic rings. The van der Waals surface area contributed by atoms with E-state index in [2.05, 4.69) is 21.3 Å². The molecular weight excluding hydrogens is 352 g/mol. The molecule has 0 atom stereocenters. The monoisotopic (exact) mass is 388 g/mol. The molecule has 1 aliphatic carbocycles. The molecule has 1 saturated carbocycles. The first-order valence-electron chi connectivity index (χ1n) is 10.8. The van der Waals surface area contributed by atoms with E-state index in [1.165, 1.54) is 32.1 Å². The van der Waals surface area contributed by atoms with Gasteiger partial charge in [-0.2, -0.15) is 0 Å². The third-order valence-corrected chi connectivity index (χ3v) is 5.14. The van der Waals surface area contributed by atoms with Gasteiger partial charge in [-0.15, -0.1) is 0 Å². The molecule has 4 N–H and O–H groups in total. The lowest BCUT2D eigenvalue weighted by Crippen LogP contribution is -2.36. The van der Waals surface area contributed by atoms with Crippen LogP contribution in [0.1, 0.15) is 68.6 Å². The van der Waals surface area contributed by atoms with E-state index in [1.54, 1.807) is 31.2 Å². The van der Waals surface area contributed by atoms with Gasteiger partial charge in [-0.25, -0.2) is 0 Å². The maximum absolute atomic E-state index is 12.2. The van der Waals surface area contributed by atoms with E-state index in [0.717, 1.165) is 38.5 Å². The van der Waals surface area contributed by atoms with E-state index in [1.807, 2.05) is 0 Å². The Kier molecular flexibility index (Phi) is 10.6. The summed E-state index contributed by atoms with van der Waals surface area (Å²) in [5, 5.41) is 12.8. The van der Waals surface area contributed by atoms with Gasteiger partial charge in [0.15, 0.2) is 0 Å². The van der Waals surface area contributed by atoms with Crippen LogP contribution < -0.4 is 21.3 Å². The molecule has 1 fully saturated rings. The average Bonchev–Trinajstić information content (AvgIpc) is 2.73. The SMILES string of the molecule is CCC(=O)Nc1cccc(C(=O)NCCCCNCCNC2CCCCC2)c1. The molecule has 0 radical (unpaired) electrons. The zero-order valence-electron chi connectivity index (χ0n) is 17.2. The summed E-state index contributed by atoms with van der Waals surface area (Å²) in [6, 6.07) is 7.77. The molecule has 0 saturated heterocycles. The molecule has 0 heterocycles. The van der Waals surface area contributed by atoms with Gasteiger partial charge >= 0.3 is 0 Å². The number of benzene rings is 1. The fourth-order valence-electron chi connectivity index (χ4n) is 3.46. The summed E-state index contributed by atoms with van der Waals surface area (Å²) >= 11 is 0. The van der Waals surface area contributed by atoms with Crippen molar-refractivity contribution >= 4 is 17.5 Å². The van der Waals surface area contributed by atoms with Crippen molar-refractivity contribution in [1.82, 2.24) is 16.0 Å². The van der Waals surface area contributed by atoms with Crippen LogP contribution in [0.15, 0.2) is 24.3 Å². The van der Waals surface area contributed by atoms with Crippen molar-refractivity contribution in [1.29, 1.82) is 0 Å². The number of anilines is 1. The second kappa shape index (κ2) is 13.3. The van der Waals surface area contributed by atoms with Gasteiger partial charge in [-0.3, -0.25) is 9.59 Å². The van der Waals surface area contributed by atoms with Gasteiger partial charge in [-0.05, 0) is 50.4 Å². The number of hydrogen-bond acceptors (Lipinski definition) is 4. The van der Waals surface area contributed by atoms with Crippen molar-refractivity contribution in [3.05, 3.63) is 29.8 Å². The molecule has 0 aromatic heterocycles. The maximum atomic E-state index is 12.2. The standard InChI is InChI=1S/C22H36N4O2/c1-2-21(27)26-20-12-8-9-18(17-20)22(28)25-14-7-6-13-23-15-16-24-19-10-4-3-5-11-19/h8-9,12,17,19,23-24H,2-7,10-11,13-16H2,1H3,(H,25,28)(H,26,27). The maximum Gasteiger partial charge on any atom is 0.251 e. The van der Waals surface area contributed by atoms with E-state index in [-0.39, 0.29) is 11.8 Å². The molecule has 2 amide bonds. The smallest absolute Gasteiger partial charge is 0.251 e. The lowest BCUT2D eigenvalue weighted by Gasteiger charge is -2.22. The number of carbonyl (C=O) groups is 2. The second-order valence-electron chi connectivity index (χ2n) is 7.48. The fourth-order valence-corrected chi connectivity index (χ4v) is 3.46. The van der Waals surface area contributed by atoms with E-state index < -0.39 is 0 Å². The number of unbranched alkanes of at least 4 members (excludes halogenated alkanes) is 1. The minimum atomic E-state index is -0.0998. The Balaban J connectivity index is 1.50. The number of rotatable bonds is 12. The lowest BCUT2D eigenvalue weighted by molar-refractivity contribution is -0.115. The molecule has 0 spiro atoms. The Morgan fingerprint density at radius 3 is 2.57 bits per heavy atom. The zero-order chi connectivity index (χ0) is 20.0. The lowest BCUT2D eigenvalue weighted by atomic mass is 9.95. The minimum Gasteiger partial charge on any atom is -0.352 e. The quantitative estimate of drug-likeness (QED) is 0.415. The predicted octanol–water partition coefficient (Wildman–Crippen LogP) is 3.06. The molecule has 0 bridgehead atoms. The Morgan fingerprint density at radius 1 is 1.00 bits per heavy atom. The third-order valence-electron chi connectivity index (χ3n) is 5.14. The summed E-state index contributed by atoms with van der Waals surface area (Å²) in [5.41, 5.74) is 1.23. The largest absolute Gasteiger partial charge is 0.352 e. The number of nitrogens with one attached hydrogen (secondary N) is 4. The van der Waals surface area contributed by atoms with Gasteiger partial charge in [0.05, 0.1) is 0 Å². The van der Waals surface area contributed by atoms with Crippen LogP contribution in [-0.4, -0.2) is 44.0 Å². The summed E-state index contributed by atoms with van der Waals surface area (Å²) in [5.74, 6) is -0.156. The van der Waals surface area contributed by atoms with Crippen LogP contribution in [0.5, 0.6) is 0 Å². The molecule has 156 valence electrons. The first-order valence-corrected chi connectivity index (χ1v) is 10.8. The van der Waals surface area contributed by atoms with Crippen LogP contribution in [0, 0.1) is 0 Å². The number of hydrogen-bond donors (Lipinski definition) is 4. The van der Waals surface area contributed by atoms with Crippen LogP contribution in [-0.2, 0) is 4.79 Å². The van der Waals surface area contributed by atoms with Crippen molar-refractivity contribution in [2.24, 2.45) is 0 Å². The fraction of sp³-hybridized carbons (Fsp3) is 0.636. The van der Waals surface area contributed by atoms with Gasteiger partial charge in [0, 0.05) is 43.3 Å². The minimum absolute atomic E-state index is 0.0565. The highest BCUT2D eigenvalue weighted by molar-refractivity contribution is 5.97. The molecule has 2 rings (SSSR count). The normalized spacial score (nSPS) is 14.6. The van der Waals surface area contributed by atoms with Gasteiger partial charge in [0.2, 0.25) is 5.91 Å². The summed E-state index contributed by atoms with van der Waals surface area (Å²) in [4.78, 5) is 23.7. The van der Waals surface area contributed by atoms with E-state index in [4.69, 9.17) is 0 Å². The van der Waals surface area contributed by atoms with E-state index >= 15 is 0 Å². The predicted molar refractivity (Wildman–Crippen MR) is 115 cm³/mol. The highest BCUT2D eigenvalue weighted by Gasteiger charge is 2.11. The van der Waals surface area contributed by atoms with Crippen LogP contribution >= 0.6 is 0 Å². The molecule has 6 nitrogen and oxygen atoms in total. The molecule has 1 aromatic rings. The highest BCUT2D eigenvalue weighted by Crippen LogP contribution is 2.16. The van der Waals surface area contributed by atoms with Crippen LogP contribution in [0.25, 0.3) is 0 Å². The Hall–Kier alpha value is -1.92. The Morgan fingerprint density at radius 2 is 1.79 bits per heavy atom. The molecule has 0 aliphatic heterocycles. The van der Waals surface area contributed by atoms with Crippen LogP contribution in [0.4, 0.5) is 5.69 Å². The zero-order valence-corrected chi connectivity index (χ0v) is 17.2. The average molecular weight is 389 g/mol. The number of amides is 2.